The average Bonchev–Trinajstić information content (AvgIpc) is 2.71. The molecule has 0 aromatic carbocycles. The first-order valence-corrected chi connectivity index (χ1v) is 4.58. The number of aromatic nitrogens is 3. The number of hydrogen-bond acceptors (Lipinski definition) is 4. The predicted octanol–water partition coefficient (Wildman–Crippen LogP) is 1.42. The van der Waals surface area contributed by atoms with E-state index in [9.17, 15) is 0 Å². The van der Waals surface area contributed by atoms with Gasteiger partial charge in [0.25, 0.3) is 0 Å². The molecule has 2 aromatic rings. The van der Waals surface area contributed by atoms with E-state index in [1.807, 2.05) is 5.38 Å². The number of aryl methyl sites for hydroxylation is 1. The number of rotatable bonds is 1. The maximum atomic E-state index is 8.77. The molecule has 2 heterocycles. The monoisotopic (exact) mass is 190 g/mol. The summed E-state index contributed by atoms with van der Waals surface area (Å²) in [6.45, 7) is 0. The second-order valence-corrected chi connectivity index (χ2v) is 3.30. The third-order valence-electron chi connectivity index (χ3n) is 1.62. The fourth-order valence-electron chi connectivity index (χ4n) is 1.02. The number of nitrogens with zero attached hydrogens (tertiary/aromatic N) is 4. The highest BCUT2D eigenvalue weighted by Gasteiger charge is 2.09. The Bertz CT molecular complexity index is 462. The maximum Gasteiger partial charge on any atom is 0.183 e. The molecule has 5 heteroatoms. The zero-order valence-corrected chi connectivity index (χ0v) is 7.75. The zero-order chi connectivity index (χ0) is 9.26. The van der Waals surface area contributed by atoms with E-state index in [1.54, 1.807) is 23.4 Å². The normalized spacial score (nSPS) is 9.85. The summed E-state index contributed by atoms with van der Waals surface area (Å²) in [7, 11) is 1.80. The van der Waals surface area contributed by atoms with E-state index < -0.39 is 0 Å². The van der Waals surface area contributed by atoms with Gasteiger partial charge in [-0.15, -0.1) is 0 Å². The van der Waals surface area contributed by atoms with Crippen LogP contribution in [0.15, 0.2) is 17.1 Å². The average molecular weight is 190 g/mol. The number of nitriles is 1. The third-order valence-corrected chi connectivity index (χ3v) is 2.37. The minimum Gasteiger partial charge on any atom is -0.255 e. The standard InChI is InChI=1S/C8H6N4S/c1-12-5-10-8(11-12)7-4-13-3-6(7)2-9/h3-5H,1H3. The summed E-state index contributed by atoms with van der Waals surface area (Å²) in [4.78, 5) is 4.07. The molecule has 0 unspecified atom stereocenters. The minimum absolute atomic E-state index is 0.611. The molecule has 0 bridgehead atoms. The van der Waals surface area contributed by atoms with Crippen LogP contribution in [0.2, 0.25) is 0 Å². The van der Waals surface area contributed by atoms with Crippen molar-refractivity contribution >= 4 is 11.3 Å². The van der Waals surface area contributed by atoms with Crippen LogP contribution in [0.4, 0.5) is 0 Å². The molecule has 13 heavy (non-hydrogen) atoms. The van der Waals surface area contributed by atoms with Gasteiger partial charge in [-0.2, -0.15) is 21.7 Å². The first-order chi connectivity index (χ1) is 6.31. The van der Waals surface area contributed by atoms with E-state index in [0.29, 0.717) is 11.4 Å². The van der Waals surface area contributed by atoms with Gasteiger partial charge in [0.2, 0.25) is 0 Å². The molecule has 0 aliphatic rings. The second kappa shape index (κ2) is 2.99. The summed E-state index contributed by atoms with van der Waals surface area (Å²) < 4.78 is 1.62. The summed E-state index contributed by atoms with van der Waals surface area (Å²) in [5.41, 5.74) is 1.45. The van der Waals surface area contributed by atoms with E-state index >= 15 is 0 Å². The van der Waals surface area contributed by atoms with Gasteiger partial charge >= 0.3 is 0 Å². The Labute approximate surface area is 79.1 Å². The Hall–Kier alpha value is -1.67. The minimum atomic E-state index is 0.611. The van der Waals surface area contributed by atoms with Crippen molar-refractivity contribution in [2.45, 2.75) is 0 Å². The van der Waals surface area contributed by atoms with Crippen LogP contribution in [0.3, 0.4) is 0 Å². The van der Waals surface area contributed by atoms with E-state index in [2.05, 4.69) is 16.2 Å². The summed E-state index contributed by atoms with van der Waals surface area (Å²) in [6.07, 6.45) is 1.62. The lowest BCUT2D eigenvalue weighted by molar-refractivity contribution is 0.768. The van der Waals surface area contributed by atoms with E-state index in [0.717, 1.165) is 5.56 Å². The fraction of sp³-hybridized carbons (Fsp3) is 0.125. The van der Waals surface area contributed by atoms with Crippen LogP contribution in [0.25, 0.3) is 11.4 Å². The van der Waals surface area contributed by atoms with Crippen LogP contribution in [0.1, 0.15) is 5.56 Å². The molecule has 0 aliphatic carbocycles. The lowest BCUT2D eigenvalue weighted by Crippen LogP contribution is -1.87. The highest BCUT2D eigenvalue weighted by atomic mass is 32.1. The SMILES string of the molecule is Cn1cnc(-c2cscc2C#N)n1. The van der Waals surface area contributed by atoms with Gasteiger partial charge < -0.3 is 0 Å². The third kappa shape index (κ3) is 1.32. The molecule has 0 fully saturated rings. The summed E-state index contributed by atoms with van der Waals surface area (Å²) in [6, 6.07) is 2.10. The zero-order valence-electron chi connectivity index (χ0n) is 6.93. The summed E-state index contributed by atoms with van der Waals surface area (Å²) in [5.74, 6) is 0.611. The first kappa shape index (κ1) is 7.95. The van der Waals surface area contributed by atoms with Crippen molar-refractivity contribution in [3.63, 3.8) is 0 Å². The molecular weight excluding hydrogens is 184 g/mol. The molecule has 0 aliphatic heterocycles. The Balaban J connectivity index is 2.53. The van der Waals surface area contributed by atoms with Gasteiger partial charge in [-0.3, -0.25) is 4.68 Å². The van der Waals surface area contributed by atoms with E-state index in [1.165, 1.54) is 11.3 Å². The topological polar surface area (TPSA) is 54.5 Å². The molecule has 0 atom stereocenters. The van der Waals surface area contributed by atoms with Gasteiger partial charge in [0.05, 0.1) is 5.56 Å². The van der Waals surface area contributed by atoms with Crippen LogP contribution in [-0.4, -0.2) is 14.8 Å². The molecule has 4 nitrogen and oxygen atoms in total. The van der Waals surface area contributed by atoms with Gasteiger partial charge in [-0.25, -0.2) is 4.98 Å². The van der Waals surface area contributed by atoms with Crippen molar-refractivity contribution in [2.24, 2.45) is 7.05 Å². The van der Waals surface area contributed by atoms with E-state index in [4.69, 9.17) is 5.26 Å². The molecule has 0 radical (unpaired) electrons. The van der Waals surface area contributed by atoms with Crippen LogP contribution in [-0.2, 0) is 7.05 Å². The fourth-order valence-corrected chi connectivity index (χ4v) is 1.77. The molecule has 0 spiro atoms. The van der Waals surface area contributed by atoms with Crippen LogP contribution >= 0.6 is 11.3 Å². The molecule has 0 N–H and O–H groups in total. The van der Waals surface area contributed by atoms with Crippen molar-refractivity contribution in [1.82, 2.24) is 14.8 Å². The number of hydrogen-bond donors (Lipinski definition) is 0. The Kier molecular flexibility index (Phi) is 1.83. The highest BCUT2D eigenvalue weighted by molar-refractivity contribution is 7.08. The van der Waals surface area contributed by atoms with Crippen molar-refractivity contribution in [2.75, 3.05) is 0 Å². The van der Waals surface area contributed by atoms with Crippen molar-refractivity contribution in [1.29, 1.82) is 5.26 Å². The molecule has 2 aromatic heterocycles. The van der Waals surface area contributed by atoms with Crippen LogP contribution in [0, 0.1) is 11.3 Å². The second-order valence-electron chi connectivity index (χ2n) is 2.55. The lowest BCUT2D eigenvalue weighted by Gasteiger charge is -1.88. The van der Waals surface area contributed by atoms with Gasteiger partial charge in [0, 0.05) is 23.4 Å². The van der Waals surface area contributed by atoms with Crippen LogP contribution in [0.5, 0.6) is 0 Å². The highest BCUT2D eigenvalue weighted by Crippen LogP contribution is 2.23. The quantitative estimate of drug-likeness (QED) is 0.683. The molecule has 0 saturated carbocycles. The Morgan fingerprint density at radius 2 is 2.38 bits per heavy atom. The lowest BCUT2D eigenvalue weighted by atomic mass is 10.2. The van der Waals surface area contributed by atoms with Crippen molar-refractivity contribution < 1.29 is 0 Å². The summed E-state index contributed by atoms with van der Waals surface area (Å²) >= 11 is 1.48. The van der Waals surface area contributed by atoms with Gasteiger partial charge in [-0.05, 0) is 0 Å². The number of thiophene rings is 1. The van der Waals surface area contributed by atoms with Gasteiger partial charge in [0.15, 0.2) is 5.82 Å². The largest absolute Gasteiger partial charge is 0.255 e. The predicted molar refractivity (Wildman–Crippen MR) is 49.0 cm³/mol. The molecular formula is C8H6N4S. The molecule has 0 amide bonds. The van der Waals surface area contributed by atoms with E-state index in [-0.39, 0.29) is 0 Å². The molecule has 0 saturated heterocycles. The Morgan fingerprint density at radius 1 is 1.54 bits per heavy atom. The Morgan fingerprint density at radius 3 is 3.00 bits per heavy atom. The molecule has 64 valence electrons. The molecule has 2 rings (SSSR count). The smallest absolute Gasteiger partial charge is 0.183 e. The van der Waals surface area contributed by atoms with Gasteiger partial charge in [-0.1, -0.05) is 0 Å². The van der Waals surface area contributed by atoms with Crippen LogP contribution < -0.4 is 0 Å². The van der Waals surface area contributed by atoms with Crippen molar-refractivity contribution in [3.05, 3.63) is 22.7 Å². The first-order valence-electron chi connectivity index (χ1n) is 3.63. The van der Waals surface area contributed by atoms with Gasteiger partial charge in [0.1, 0.15) is 12.4 Å². The summed E-state index contributed by atoms with van der Waals surface area (Å²) in [5, 5.41) is 16.6. The maximum absolute atomic E-state index is 8.77. The van der Waals surface area contributed by atoms with Crippen molar-refractivity contribution in [3.8, 4) is 17.5 Å².